The molecule has 5 amide bonds. The molecule has 2 aliphatic heterocycles. The molecule has 2 heterocycles. The highest BCUT2D eigenvalue weighted by Gasteiger charge is 2.68. The number of carbonyl (C=O) groups excluding carboxylic acids is 5. The van der Waals surface area contributed by atoms with Crippen LogP contribution in [0.3, 0.4) is 0 Å². The number of imide groups is 4. The predicted molar refractivity (Wildman–Crippen MR) is 133 cm³/mol. The molecule has 1 N–H and O–H groups in total. The van der Waals surface area contributed by atoms with Crippen LogP contribution in [0.25, 0.3) is 0 Å². The fraction of sp³-hybridized carbons (Fsp3) is 0.345. The van der Waals surface area contributed by atoms with Crippen LogP contribution in [0, 0.1) is 29.1 Å². The lowest BCUT2D eigenvalue weighted by Crippen LogP contribution is -2.49. The van der Waals surface area contributed by atoms with E-state index in [1.807, 2.05) is 6.08 Å². The summed E-state index contributed by atoms with van der Waals surface area (Å²) in [7, 11) is 1.11. The molecule has 0 spiro atoms. The maximum Gasteiger partial charge on any atom is 0.423 e. The molecule has 0 unspecified atom stereocenters. The number of nitrogens with zero attached hydrogens (tertiary/aromatic N) is 2. The van der Waals surface area contributed by atoms with Gasteiger partial charge in [0.2, 0.25) is 23.6 Å². The summed E-state index contributed by atoms with van der Waals surface area (Å²) < 4.78 is 4.70. The summed E-state index contributed by atoms with van der Waals surface area (Å²) in [5.41, 5.74) is 0.694. The Bertz CT molecular complexity index is 1430. The van der Waals surface area contributed by atoms with E-state index >= 15 is 0 Å². The lowest BCUT2D eigenvalue weighted by atomic mass is 9.51. The van der Waals surface area contributed by atoms with Gasteiger partial charge in [-0.2, -0.15) is 4.90 Å². The van der Waals surface area contributed by atoms with E-state index < -0.39 is 52.9 Å². The molecule has 0 radical (unpaired) electrons. The molecule has 38 heavy (non-hydrogen) atoms. The molecular formula is C29H26N2O7. The number of ether oxygens (including phenoxy) is 1. The Kier molecular flexibility index (Phi) is 5.31. The Hall–Kier alpha value is -4.27. The van der Waals surface area contributed by atoms with Gasteiger partial charge in [-0.3, -0.25) is 19.2 Å². The number of methoxy groups -OCH3 is 1. The molecule has 194 valence electrons. The molecule has 9 heteroatoms. The summed E-state index contributed by atoms with van der Waals surface area (Å²) in [6, 6.07) is 15.3. The van der Waals surface area contributed by atoms with Gasteiger partial charge in [0.25, 0.3) is 0 Å². The Morgan fingerprint density at radius 1 is 0.974 bits per heavy atom. The minimum atomic E-state index is -1.19. The highest BCUT2D eigenvalue weighted by atomic mass is 16.5. The first-order valence-electron chi connectivity index (χ1n) is 12.6. The largest absolute Gasteiger partial charge is 0.508 e. The van der Waals surface area contributed by atoms with Crippen molar-refractivity contribution in [3.05, 3.63) is 71.8 Å². The number of para-hydroxylation sites is 1. The summed E-state index contributed by atoms with van der Waals surface area (Å²) in [4.78, 5) is 68.7. The number of carbonyl (C=O) groups is 5. The second-order valence-corrected chi connectivity index (χ2v) is 10.6. The van der Waals surface area contributed by atoms with Crippen LogP contribution in [-0.4, -0.2) is 46.8 Å². The van der Waals surface area contributed by atoms with Gasteiger partial charge in [0.05, 0.1) is 36.0 Å². The molecular weight excluding hydrogens is 488 g/mol. The van der Waals surface area contributed by atoms with Crippen LogP contribution in [0.5, 0.6) is 5.75 Å². The van der Waals surface area contributed by atoms with Crippen molar-refractivity contribution < 1.29 is 33.8 Å². The van der Waals surface area contributed by atoms with Crippen LogP contribution in [-0.2, 0) is 23.9 Å². The summed E-state index contributed by atoms with van der Waals surface area (Å²) in [5.74, 6) is -5.49. The van der Waals surface area contributed by atoms with Gasteiger partial charge in [0, 0.05) is 5.92 Å². The van der Waals surface area contributed by atoms with Gasteiger partial charge in [-0.25, -0.2) is 9.69 Å². The second kappa shape index (κ2) is 8.37. The molecule has 4 aliphatic rings. The van der Waals surface area contributed by atoms with E-state index in [4.69, 9.17) is 4.74 Å². The maximum atomic E-state index is 14.2. The molecule has 0 aromatic heterocycles. The fourth-order valence-electron chi connectivity index (χ4n) is 7.19. The number of fused-ring (bicyclic) bond motifs is 4. The van der Waals surface area contributed by atoms with Gasteiger partial charge in [0.1, 0.15) is 5.75 Å². The summed E-state index contributed by atoms with van der Waals surface area (Å²) >= 11 is 0. The second-order valence-electron chi connectivity index (χ2n) is 10.6. The number of rotatable bonds is 2. The van der Waals surface area contributed by atoms with Crippen molar-refractivity contribution in [1.82, 2.24) is 4.90 Å². The quantitative estimate of drug-likeness (QED) is 0.482. The SMILES string of the molecule is COC(=O)N1C(=O)[C@H]2[C@H](CC=C3[C@H]2C[C@H]2C(=O)N(c4ccccc4)C(=O)[C@@]2(C)[C@H]3c2cccc(O)c2)C1=O. The third-order valence-electron chi connectivity index (χ3n) is 8.85. The summed E-state index contributed by atoms with van der Waals surface area (Å²) in [6.07, 6.45) is 1.26. The van der Waals surface area contributed by atoms with E-state index in [0.29, 0.717) is 16.2 Å². The van der Waals surface area contributed by atoms with E-state index in [0.717, 1.165) is 12.7 Å². The fourth-order valence-corrected chi connectivity index (χ4v) is 7.19. The molecule has 3 fully saturated rings. The number of hydrogen-bond donors (Lipinski definition) is 1. The first-order chi connectivity index (χ1) is 18.2. The van der Waals surface area contributed by atoms with Crippen molar-refractivity contribution in [3.8, 4) is 5.75 Å². The standard InChI is InChI=1S/C29H26N2O7/c1-29-21(25(34)30(27(29)36)16-8-4-3-5-9-16)14-20-18(23(29)15-7-6-10-17(32)13-15)11-12-19-22(20)26(35)31(24(19)33)28(37)38-2/h3-11,13,19-23,32H,12,14H2,1-2H3/t19-,20+,21-,22-,23-,29+/m0/s1. The molecule has 2 aliphatic carbocycles. The highest BCUT2D eigenvalue weighted by Crippen LogP contribution is 2.63. The average Bonchev–Trinajstić information content (AvgIpc) is 3.28. The Balaban J connectivity index is 1.52. The number of aromatic hydroxyl groups is 1. The van der Waals surface area contributed by atoms with Crippen LogP contribution in [0.1, 0.15) is 31.2 Å². The highest BCUT2D eigenvalue weighted by molar-refractivity contribution is 6.24. The van der Waals surface area contributed by atoms with Crippen molar-refractivity contribution in [2.45, 2.75) is 25.7 Å². The number of phenolic OH excluding ortho intramolecular Hbond substituents is 1. The van der Waals surface area contributed by atoms with E-state index in [1.54, 1.807) is 55.5 Å². The van der Waals surface area contributed by atoms with Gasteiger partial charge in [-0.05, 0) is 55.5 Å². The number of amides is 5. The zero-order chi connectivity index (χ0) is 26.9. The number of hydrogen-bond acceptors (Lipinski definition) is 7. The van der Waals surface area contributed by atoms with Crippen LogP contribution < -0.4 is 4.90 Å². The molecule has 2 saturated heterocycles. The third-order valence-corrected chi connectivity index (χ3v) is 8.85. The van der Waals surface area contributed by atoms with Gasteiger partial charge in [0.15, 0.2) is 0 Å². The molecule has 0 bridgehead atoms. The predicted octanol–water partition coefficient (Wildman–Crippen LogP) is 3.39. The molecule has 6 atom stereocenters. The molecule has 2 aromatic carbocycles. The first kappa shape index (κ1) is 24.1. The molecule has 2 aromatic rings. The van der Waals surface area contributed by atoms with E-state index in [-0.39, 0.29) is 30.4 Å². The lowest BCUT2D eigenvalue weighted by molar-refractivity contribution is -0.138. The van der Waals surface area contributed by atoms with Crippen LogP contribution in [0.2, 0.25) is 0 Å². The van der Waals surface area contributed by atoms with E-state index in [2.05, 4.69) is 0 Å². The Morgan fingerprint density at radius 2 is 1.71 bits per heavy atom. The summed E-state index contributed by atoms with van der Waals surface area (Å²) in [6.45, 7) is 1.78. The zero-order valence-electron chi connectivity index (χ0n) is 20.9. The van der Waals surface area contributed by atoms with Crippen molar-refractivity contribution in [1.29, 1.82) is 0 Å². The minimum absolute atomic E-state index is 0.0136. The minimum Gasteiger partial charge on any atom is -0.508 e. The number of benzene rings is 2. The van der Waals surface area contributed by atoms with Crippen LogP contribution in [0.15, 0.2) is 66.2 Å². The van der Waals surface area contributed by atoms with Gasteiger partial charge < -0.3 is 9.84 Å². The van der Waals surface area contributed by atoms with Crippen molar-refractivity contribution in [2.24, 2.45) is 29.1 Å². The number of phenols is 1. The van der Waals surface area contributed by atoms with Crippen molar-refractivity contribution in [3.63, 3.8) is 0 Å². The zero-order valence-corrected chi connectivity index (χ0v) is 20.9. The molecule has 9 nitrogen and oxygen atoms in total. The van der Waals surface area contributed by atoms with Crippen molar-refractivity contribution in [2.75, 3.05) is 12.0 Å². The number of anilines is 1. The maximum absolute atomic E-state index is 14.2. The van der Waals surface area contributed by atoms with Crippen LogP contribution >= 0.6 is 0 Å². The Labute approximate surface area is 218 Å². The van der Waals surface area contributed by atoms with E-state index in [9.17, 15) is 29.1 Å². The van der Waals surface area contributed by atoms with Crippen molar-refractivity contribution >= 4 is 35.4 Å². The number of allylic oxidation sites excluding steroid dienone is 2. The lowest BCUT2D eigenvalue weighted by Gasteiger charge is -2.49. The average molecular weight is 515 g/mol. The van der Waals surface area contributed by atoms with E-state index in [1.165, 1.54) is 11.0 Å². The molecule has 1 saturated carbocycles. The number of likely N-dealkylation sites (tertiary alicyclic amines) is 1. The monoisotopic (exact) mass is 514 g/mol. The van der Waals surface area contributed by atoms with Gasteiger partial charge in [-0.15, -0.1) is 0 Å². The Morgan fingerprint density at radius 3 is 2.39 bits per heavy atom. The van der Waals surface area contributed by atoms with Gasteiger partial charge >= 0.3 is 6.09 Å². The summed E-state index contributed by atoms with van der Waals surface area (Å²) in [5, 5.41) is 10.3. The third kappa shape index (κ3) is 3.07. The normalized spacial score (nSPS) is 32.1. The smallest absolute Gasteiger partial charge is 0.423 e. The van der Waals surface area contributed by atoms with Gasteiger partial charge in [-0.1, -0.05) is 42.0 Å². The topological polar surface area (TPSA) is 121 Å². The first-order valence-corrected chi connectivity index (χ1v) is 12.6. The molecule has 6 rings (SSSR count). The van der Waals surface area contributed by atoms with Crippen LogP contribution in [0.4, 0.5) is 10.5 Å².